The van der Waals surface area contributed by atoms with Crippen LogP contribution in [-0.4, -0.2) is 14.9 Å². The van der Waals surface area contributed by atoms with Crippen molar-refractivity contribution in [2.24, 2.45) is 0 Å². The molecule has 3 nitrogen and oxygen atoms in total. The molecule has 0 spiro atoms. The van der Waals surface area contributed by atoms with Gasteiger partial charge in [0.1, 0.15) is 0 Å². The summed E-state index contributed by atoms with van der Waals surface area (Å²) in [5.74, 6) is 0.175. The normalized spacial score (nSPS) is 11.9. The van der Waals surface area contributed by atoms with Crippen molar-refractivity contribution in [1.82, 2.24) is 9.78 Å². The second-order valence-corrected chi connectivity index (χ2v) is 6.75. The SMILES string of the molecule is CCCCc1c(O)nn(-c2ccc(C)cc2)c1C(C)(C)C. The maximum atomic E-state index is 10.3. The fraction of sp³-hybridized carbons (Fsp3) is 0.500. The van der Waals surface area contributed by atoms with Crippen LogP contribution in [0.1, 0.15) is 57.4 Å². The molecule has 0 radical (unpaired) electrons. The van der Waals surface area contributed by atoms with Gasteiger partial charge in [0.25, 0.3) is 0 Å². The number of aromatic nitrogens is 2. The number of aryl methyl sites for hydroxylation is 1. The third-order valence-corrected chi connectivity index (χ3v) is 3.73. The van der Waals surface area contributed by atoms with Gasteiger partial charge in [0, 0.05) is 11.0 Å². The van der Waals surface area contributed by atoms with E-state index in [0.717, 1.165) is 36.2 Å². The molecular weight excluding hydrogens is 260 g/mol. The number of hydrogen-bond acceptors (Lipinski definition) is 2. The van der Waals surface area contributed by atoms with Gasteiger partial charge >= 0.3 is 0 Å². The van der Waals surface area contributed by atoms with Crippen molar-refractivity contribution in [2.45, 2.75) is 59.3 Å². The summed E-state index contributed by atoms with van der Waals surface area (Å²) in [5, 5.41) is 14.7. The Morgan fingerprint density at radius 1 is 1.14 bits per heavy atom. The zero-order valence-electron chi connectivity index (χ0n) is 13.8. The second-order valence-electron chi connectivity index (χ2n) is 6.75. The fourth-order valence-corrected chi connectivity index (χ4v) is 2.67. The molecule has 3 heteroatoms. The van der Waals surface area contributed by atoms with Crippen LogP contribution in [0.15, 0.2) is 24.3 Å². The number of aromatic hydroxyl groups is 1. The minimum Gasteiger partial charge on any atom is -0.492 e. The highest BCUT2D eigenvalue weighted by Gasteiger charge is 2.27. The Morgan fingerprint density at radius 3 is 2.29 bits per heavy atom. The van der Waals surface area contributed by atoms with Crippen LogP contribution in [0.5, 0.6) is 5.88 Å². The number of nitrogens with zero attached hydrogens (tertiary/aromatic N) is 2. The van der Waals surface area contributed by atoms with Gasteiger partial charge in [0.15, 0.2) is 0 Å². The minimum atomic E-state index is -0.0675. The summed E-state index contributed by atoms with van der Waals surface area (Å²) in [6.45, 7) is 10.7. The van der Waals surface area contributed by atoms with Gasteiger partial charge in [0.05, 0.1) is 11.4 Å². The van der Waals surface area contributed by atoms with Gasteiger partial charge in [-0.15, -0.1) is 5.10 Å². The van der Waals surface area contributed by atoms with Crippen LogP contribution >= 0.6 is 0 Å². The van der Waals surface area contributed by atoms with Crippen molar-refractivity contribution in [2.75, 3.05) is 0 Å². The molecule has 0 aliphatic heterocycles. The third kappa shape index (κ3) is 3.29. The molecule has 0 aliphatic rings. The monoisotopic (exact) mass is 286 g/mol. The van der Waals surface area contributed by atoms with Gasteiger partial charge in [-0.2, -0.15) is 0 Å². The van der Waals surface area contributed by atoms with Crippen LogP contribution in [0, 0.1) is 6.92 Å². The molecule has 0 atom stereocenters. The quantitative estimate of drug-likeness (QED) is 0.897. The Kier molecular flexibility index (Phi) is 4.40. The minimum absolute atomic E-state index is 0.0675. The van der Waals surface area contributed by atoms with Crippen LogP contribution in [0.4, 0.5) is 0 Å². The number of unbranched alkanes of at least 4 members (excludes halogenated alkanes) is 1. The van der Waals surface area contributed by atoms with E-state index in [-0.39, 0.29) is 11.3 Å². The van der Waals surface area contributed by atoms with Gasteiger partial charge in [0.2, 0.25) is 5.88 Å². The number of benzene rings is 1. The molecule has 0 aliphatic carbocycles. The highest BCUT2D eigenvalue weighted by atomic mass is 16.3. The lowest BCUT2D eigenvalue weighted by atomic mass is 9.87. The Morgan fingerprint density at radius 2 is 1.76 bits per heavy atom. The molecule has 0 saturated carbocycles. The average molecular weight is 286 g/mol. The molecule has 0 unspecified atom stereocenters. The summed E-state index contributed by atoms with van der Waals surface area (Å²) in [6.07, 6.45) is 3.05. The molecule has 114 valence electrons. The molecule has 21 heavy (non-hydrogen) atoms. The summed E-state index contributed by atoms with van der Waals surface area (Å²) < 4.78 is 1.90. The van der Waals surface area contributed by atoms with Crippen molar-refractivity contribution in [3.8, 4) is 11.6 Å². The maximum absolute atomic E-state index is 10.3. The molecule has 1 heterocycles. The molecule has 0 fully saturated rings. The fourth-order valence-electron chi connectivity index (χ4n) is 2.67. The standard InChI is InChI=1S/C18H26N2O/c1-6-7-8-15-16(18(3,4)5)20(19-17(15)21)14-11-9-13(2)10-12-14/h9-12H,6-8H2,1-5H3,(H,19,21). The lowest BCUT2D eigenvalue weighted by Crippen LogP contribution is -2.19. The first-order chi connectivity index (χ1) is 9.84. The third-order valence-electron chi connectivity index (χ3n) is 3.73. The van der Waals surface area contributed by atoms with E-state index < -0.39 is 0 Å². The Hall–Kier alpha value is -1.77. The van der Waals surface area contributed by atoms with E-state index in [2.05, 4.69) is 64.0 Å². The van der Waals surface area contributed by atoms with Crippen molar-refractivity contribution in [1.29, 1.82) is 0 Å². The van der Waals surface area contributed by atoms with Gasteiger partial charge in [-0.25, -0.2) is 4.68 Å². The lowest BCUT2D eigenvalue weighted by Gasteiger charge is -2.22. The summed E-state index contributed by atoms with van der Waals surface area (Å²) in [5.41, 5.74) is 4.26. The summed E-state index contributed by atoms with van der Waals surface area (Å²) in [7, 11) is 0. The summed E-state index contributed by atoms with van der Waals surface area (Å²) >= 11 is 0. The van der Waals surface area contributed by atoms with Crippen molar-refractivity contribution in [3.63, 3.8) is 0 Å². The molecule has 1 N–H and O–H groups in total. The highest BCUT2D eigenvalue weighted by Crippen LogP contribution is 2.34. The van der Waals surface area contributed by atoms with Crippen LogP contribution in [0.2, 0.25) is 0 Å². The molecule has 1 aromatic heterocycles. The van der Waals surface area contributed by atoms with E-state index in [0.29, 0.717) is 0 Å². The average Bonchev–Trinajstić information content (AvgIpc) is 2.74. The molecule has 0 amide bonds. The van der Waals surface area contributed by atoms with E-state index in [1.165, 1.54) is 5.56 Å². The van der Waals surface area contributed by atoms with Gasteiger partial charge in [-0.3, -0.25) is 0 Å². The van der Waals surface area contributed by atoms with Crippen molar-refractivity contribution < 1.29 is 5.11 Å². The van der Waals surface area contributed by atoms with Gasteiger partial charge in [-0.1, -0.05) is 51.8 Å². The van der Waals surface area contributed by atoms with Crippen molar-refractivity contribution >= 4 is 0 Å². The molecule has 2 aromatic rings. The van der Waals surface area contributed by atoms with E-state index in [9.17, 15) is 5.11 Å². The lowest BCUT2D eigenvalue weighted by molar-refractivity contribution is 0.441. The zero-order chi connectivity index (χ0) is 15.6. The predicted molar refractivity (Wildman–Crippen MR) is 87.3 cm³/mol. The molecule has 0 bridgehead atoms. The summed E-state index contributed by atoms with van der Waals surface area (Å²) in [4.78, 5) is 0. The van der Waals surface area contributed by atoms with Gasteiger partial charge < -0.3 is 5.11 Å². The second kappa shape index (κ2) is 5.92. The van der Waals surface area contributed by atoms with Crippen LogP contribution in [0.3, 0.4) is 0 Å². The van der Waals surface area contributed by atoms with Crippen LogP contribution in [0.25, 0.3) is 5.69 Å². The molecular formula is C18H26N2O. The van der Waals surface area contributed by atoms with Crippen LogP contribution < -0.4 is 0 Å². The van der Waals surface area contributed by atoms with E-state index in [4.69, 9.17) is 0 Å². The Balaban J connectivity index is 2.58. The zero-order valence-corrected chi connectivity index (χ0v) is 13.8. The Bertz CT molecular complexity index is 603. The first-order valence-electron chi connectivity index (χ1n) is 7.73. The smallest absolute Gasteiger partial charge is 0.234 e. The molecule has 0 saturated heterocycles. The molecule has 1 aromatic carbocycles. The largest absolute Gasteiger partial charge is 0.492 e. The van der Waals surface area contributed by atoms with Gasteiger partial charge in [-0.05, 0) is 31.9 Å². The van der Waals surface area contributed by atoms with E-state index in [1.54, 1.807) is 0 Å². The first kappa shape index (κ1) is 15.6. The van der Waals surface area contributed by atoms with Crippen LogP contribution in [-0.2, 0) is 11.8 Å². The summed E-state index contributed by atoms with van der Waals surface area (Å²) in [6, 6.07) is 8.26. The number of rotatable bonds is 4. The Labute approximate surface area is 127 Å². The predicted octanol–water partition coefficient (Wildman–Crippen LogP) is 4.53. The van der Waals surface area contributed by atoms with Crippen molar-refractivity contribution in [3.05, 3.63) is 41.1 Å². The number of hydrogen-bond donors (Lipinski definition) is 1. The highest BCUT2D eigenvalue weighted by molar-refractivity contribution is 5.43. The van der Waals surface area contributed by atoms with E-state index >= 15 is 0 Å². The first-order valence-corrected chi connectivity index (χ1v) is 7.73. The maximum Gasteiger partial charge on any atom is 0.234 e. The topological polar surface area (TPSA) is 38.1 Å². The molecule has 2 rings (SSSR count). The van der Waals surface area contributed by atoms with E-state index in [1.807, 2.05) is 4.68 Å².